The predicted octanol–water partition coefficient (Wildman–Crippen LogP) is 1.94. The van der Waals surface area contributed by atoms with Crippen LogP contribution in [-0.2, 0) is 9.47 Å². The molecular weight excluding hydrogens is 152 g/mol. The number of hydrogen-bond acceptors (Lipinski definition) is 2. The highest BCUT2D eigenvalue weighted by molar-refractivity contribution is 4.90. The molecule has 3 atom stereocenters. The van der Waals surface area contributed by atoms with Gasteiger partial charge in [-0.2, -0.15) is 0 Å². The second kappa shape index (κ2) is 3.75. The Morgan fingerprint density at radius 3 is 2.75 bits per heavy atom. The van der Waals surface area contributed by atoms with Gasteiger partial charge in [-0.15, -0.1) is 0 Å². The van der Waals surface area contributed by atoms with Gasteiger partial charge in [-0.25, -0.2) is 0 Å². The van der Waals surface area contributed by atoms with Gasteiger partial charge in [-0.3, -0.25) is 0 Å². The van der Waals surface area contributed by atoms with Crippen LogP contribution in [0.5, 0.6) is 0 Å². The average Bonchev–Trinajstić information content (AvgIpc) is 2.88. The topological polar surface area (TPSA) is 25.1 Å². The van der Waals surface area contributed by atoms with Crippen LogP contribution in [0, 0.1) is 6.42 Å². The standard InChI is InChI=1S/C10H17O2/c1-2-4-9-10(12-9)6-3-5-8-7-11-8/h5,8-10H,2-4,6-7H2,1H3. The van der Waals surface area contributed by atoms with Crippen molar-refractivity contribution in [3.8, 4) is 0 Å². The molecule has 12 heavy (non-hydrogen) atoms. The molecule has 2 heterocycles. The van der Waals surface area contributed by atoms with Crippen molar-refractivity contribution in [1.29, 1.82) is 0 Å². The highest BCUT2D eigenvalue weighted by atomic mass is 16.6. The molecule has 2 fully saturated rings. The lowest BCUT2D eigenvalue weighted by Gasteiger charge is -1.92. The van der Waals surface area contributed by atoms with Gasteiger partial charge in [0.25, 0.3) is 0 Å². The third kappa shape index (κ3) is 2.46. The lowest BCUT2D eigenvalue weighted by Crippen LogP contribution is -1.95. The minimum absolute atomic E-state index is 0.480. The van der Waals surface area contributed by atoms with Crippen LogP contribution in [0.4, 0.5) is 0 Å². The number of rotatable bonds is 6. The minimum Gasteiger partial charge on any atom is -0.373 e. The highest BCUT2D eigenvalue weighted by Gasteiger charge is 2.37. The van der Waals surface area contributed by atoms with Crippen molar-refractivity contribution < 1.29 is 9.47 Å². The Morgan fingerprint density at radius 1 is 1.33 bits per heavy atom. The van der Waals surface area contributed by atoms with E-state index in [1.165, 1.54) is 19.3 Å². The first-order valence-corrected chi connectivity index (χ1v) is 5.00. The van der Waals surface area contributed by atoms with Crippen LogP contribution < -0.4 is 0 Å². The third-order valence-corrected chi connectivity index (χ3v) is 2.50. The van der Waals surface area contributed by atoms with E-state index in [2.05, 4.69) is 13.3 Å². The van der Waals surface area contributed by atoms with Crippen molar-refractivity contribution in [3.63, 3.8) is 0 Å². The van der Waals surface area contributed by atoms with Gasteiger partial charge in [0.2, 0.25) is 0 Å². The van der Waals surface area contributed by atoms with Gasteiger partial charge in [0.05, 0.1) is 24.9 Å². The van der Waals surface area contributed by atoms with E-state index < -0.39 is 0 Å². The zero-order valence-corrected chi connectivity index (χ0v) is 7.66. The van der Waals surface area contributed by atoms with Crippen LogP contribution in [0.15, 0.2) is 0 Å². The molecule has 0 amide bonds. The molecule has 0 aromatic heterocycles. The first-order valence-electron chi connectivity index (χ1n) is 5.00. The molecule has 2 saturated heterocycles. The van der Waals surface area contributed by atoms with Gasteiger partial charge in [0.15, 0.2) is 0 Å². The zero-order valence-electron chi connectivity index (χ0n) is 7.66. The highest BCUT2D eigenvalue weighted by Crippen LogP contribution is 2.31. The summed E-state index contributed by atoms with van der Waals surface area (Å²) >= 11 is 0. The summed E-state index contributed by atoms with van der Waals surface area (Å²) in [5, 5.41) is 0. The maximum absolute atomic E-state index is 5.50. The van der Waals surface area contributed by atoms with Crippen LogP contribution in [0.2, 0.25) is 0 Å². The number of epoxide rings is 2. The molecule has 2 heteroatoms. The molecule has 0 bridgehead atoms. The molecule has 0 aromatic rings. The van der Waals surface area contributed by atoms with Gasteiger partial charge in [0, 0.05) is 0 Å². The summed E-state index contributed by atoms with van der Waals surface area (Å²) in [7, 11) is 0. The maximum atomic E-state index is 5.50. The molecule has 0 aromatic carbocycles. The second-order valence-electron chi connectivity index (χ2n) is 3.69. The zero-order chi connectivity index (χ0) is 8.39. The first kappa shape index (κ1) is 8.52. The Hall–Kier alpha value is -0.0800. The Labute approximate surface area is 74.2 Å². The Bertz CT molecular complexity index is 143. The number of ether oxygens (including phenoxy) is 2. The monoisotopic (exact) mass is 169 g/mol. The third-order valence-electron chi connectivity index (χ3n) is 2.50. The van der Waals surface area contributed by atoms with Gasteiger partial charge in [0.1, 0.15) is 0 Å². The molecule has 0 aliphatic carbocycles. The van der Waals surface area contributed by atoms with Crippen LogP contribution in [0.3, 0.4) is 0 Å². The van der Waals surface area contributed by atoms with E-state index in [1.807, 2.05) is 0 Å². The van der Waals surface area contributed by atoms with Crippen molar-refractivity contribution >= 4 is 0 Å². The van der Waals surface area contributed by atoms with E-state index in [1.54, 1.807) is 0 Å². The Kier molecular flexibility index (Phi) is 2.66. The second-order valence-corrected chi connectivity index (χ2v) is 3.69. The fourth-order valence-electron chi connectivity index (χ4n) is 1.61. The molecular formula is C10H17O2. The minimum atomic E-state index is 0.480. The molecule has 0 saturated carbocycles. The largest absolute Gasteiger partial charge is 0.373 e. The molecule has 69 valence electrons. The fraction of sp³-hybridized carbons (Fsp3) is 0.900. The van der Waals surface area contributed by atoms with Gasteiger partial charge < -0.3 is 9.47 Å². The smallest absolute Gasteiger partial charge is 0.0842 e. The SMILES string of the molecule is CCCC1OC1CC[CH]C1CO1. The van der Waals surface area contributed by atoms with Crippen molar-refractivity contribution in [2.75, 3.05) is 6.61 Å². The van der Waals surface area contributed by atoms with Crippen molar-refractivity contribution in [1.82, 2.24) is 0 Å². The van der Waals surface area contributed by atoms with Gasteiger partial charge >= 0.3 is 0 Å². The molecule has 2 aliphatic rings. The van der Waals surface area contributed by atoms with E-state index in [4.69, 9.17) is 9.47 Å². The summed E-state index contributed by atoms with van der Waals surface area (Å²) in [6.45, 7) is 3.16. The predicted molar refractivity (Wildman–Crippen MR) is 46.8 cm³/mol. The normalized spacial score (nSPS) is 38.2. The summed E-state index contributed by atoms with van der Waals surface area (Å²) in [5.74, 6) is 0. The van der Waals surface area contributed by atoms with Crippen LogP contribution in [0.25, 0.3) is 0 Å². The van der Waals surface area contributed by atoms with Crippen molar-refractivity contribution in [2.45, 2.75) is 50.9 Å². The molecule has 3 unspecified atom stereocenters. The van der Waals surface area contributed by atoms with E-state index in [0.29, 0.717) is 18.3 Å². The summed E-state index contributed by atoms with van der Waals surface area (Å²) in [5.41, 5.74) is 0. The molecule has 0 spiro atoms. The van der Waals surface area contributed by atoms with E-state index >= 15 is 0 Å². The van der Waals surface area contributed by atoms with Gasteiger partial charge in [-0.05, 0) is 25.7 Å². The van der Waals surface area contributed by atoms with E-state index in [-0.39, 0.29) is 0 Å². The van der Waals surface area contributed by atoms with Crippen molar-refractivity contribution in [2.24, 2.45) is 0 Å². The molecule has 2 rings (SSSR count). The molecule has 0 N–H and O–H groups in total. The molecule has 2 aliphatic heterocycles. The van der Waals surface area contributed by atoms with Crippen molar-refractivity contribution in [3.05, 3.63) is 6.42 Å². The molecule has 2 nitrogen and oxygen atoms in total. The van der Waals surface area contributed by atoms with Crippen LogP contribution in [0.1, 0.15) is 32.6 Å². The summed E-state index contributed by atoms with van der Waals surface area (Å²) < 4.78 is 10.6. The summed E-state index contributed by atoms with van der Waals surface area (Å²) in [6.07, 6.45) is 8.75. The van der Waals surface area contributed by atoms with E-state index in [9.17, 15) is 0 Å². The first-order chi connectivity index (χ1) is 5.90. The average molecular weight is 169 g/mol. The quantitative estimate of drug-likeness (QED) is 0.568. The lowest BCUT2D eigenvalue weighted by atomic mass is 10.1. The Balaban J connectivity index is 1.46. The number of hydrogen-bond donors (Lipinski definition) is 0. The molecule has 1 radical (unpaired) electrons. The maximum Gasteiger partial charge on any atom is 0.0842 e. The van der Waals surface area contributed by atoms with Gasteiger partial charge in [-0.1, -0.05) is 13.3 Å². The van der Waals surface area contributed by atoms with Crippen LogP contribution in [-0.4, -0.2) is 24.9 Å². The Morgan fingerprint density at radius 2 is 2.08 bits per heavy atom. The van der Waals surface area contributed by atoms with Crippen LogP contribution >= 0.6 is 0 Å². The lowest BCUT2D eigenvalue weighted by molar-refractivity contribution is 0.353. The fourth-order valence-corrected chi connectivity index (χ4v) is 1.61. The summed E-state index contributed by atoms with van der Waals surface area (Å²) in [6, 6.07) is 0. The van der Waals surface area contributed by atoms with E-state index in [0.717, 1.165) is 13.0 Å². The summed E-state index contributed by atoms with van der Waals surface area (Å²) in [4.78, 5) is 0.